The predicted octanol–water partition coefficient (Wildman–Crippen LogP) is 5.92. The van der Waals surface area contributed by atoms with E-state index in [-0.39, 0.29) is 11.4 Å². The Morgan fingerprint density at radius 3 is 1.79 bits per heavy atom. The van der Waals surface area contributed by atoms with Gasteiger partial charge in [-0.15, -0.1) is 0 Å². The van der Waals surface area contributed by atoms with E-state index in [4.69, 9.17) is 9.47 Å². The van der Waals surface area contributed by atoms with E-state index in [0.717, 1.165) is 17.8 Å². The molecule has 0 N–H and O–H groups in total. The van der Waals surface area contributed by atoms with Crippen LogP contribution in [0, 0.1) is 28.6 Å². The number of carbonyl (C=O) groups excluding carboxylic acids is 2. The SMILES string of the molecule is CC.CCC(C)(C)C(=O)OC(C)C(=O)OC(C)(C)C12CC3CC(CC(C3)C1)C2. The van der Waals surface area contributed by atoms with Crippen molar-refractivity contribution in [2.45, 2.75) is 112 Å². The molecular weight excluding hydrogens is 352 g/mol. The topological polar surface area (TPSA) is 52.6 Å². The van der Waals surface area contributed by atoms with Crippen LogP contribution < -0.4 is 0 Å². The van der Waals surface area contributed by atoms with Crippen LogP contribution in [0.2, 0.25) is 0 Å². The Hall–Kier alpha value is -1.06. The molecule has 4 fully saturated rings. The zero-order valence-electron chi connectivity index (χ0n) is 19.4. The molecule has 4 heteroatoms. The smallest absolute Gasteiger partial charge is 0.347 e. The number of ether oxygens (including phenoxy) is 2. The summed E-state index contributed by atoms with van der Waals surface area (Å²) in [5.74, 6) is 1.67. The average Bonchev–Trinajstić information content (AvgIpc) is 2.61. The van der Waals surface area contributed by atoms with Crippen LogP contribution in [0.15, 0.2) is 0 Å². The van der Waals surface area contributed by atoms with E-state index in [2.05, 4.69) is 13.8 Å². The minimum absolute atomic E-state index is 0.101. The van der Waals surface area contributed by atoms with Gasteiger partial charge in [0.1, 0.15) is 5.60 Å². The quantitative estimate of drug-likeness (QED) is 0.525. The van der Waals surface area contributed by atoms with Crippen molar-refractivity contribution >= 4 is 11.9 Å². The first-order valence-electron chi connectivity index (χ1n) is 11.4. The second kappa shape index (κ2) is 8.36. The molecule has 162 valence electrons. The molecule has 4 aliphatic rings. The molecule has 4 nitrogen and oxygen atoms in total. The first-order valence-corrected chi connectivity index (χ1v) is 11.4. The monoisotopic (exact) mass is 394 g/mol. The highest BCUT2D eigenvalue weighted by Crippen LogP contribution is 2.64. The molecule has 0 aromatic heterocycles. The van der Waals surface area contributed by atoms with E-state index in [1.807, 2.05) is 34.6 Å². The second-order valence-electron chi connectivity index (χ2n) is 10.4. The van der Waals surface area contributed by atoms with Gasteiger partial charge in [0, 0.05) is 5.41 Å². The largest absolute Gasteiger partial charge is 0.456 e. The van der Waals surface area contributed by atoms with Crippen molar-refractivity contribution < 1.29 is 19.1 Å². The summed E-state index contributed by atoms with van der Waals surface area (Å²) in [5.41, 5.74) is -0.991. The van der Waals surface area contributed by atoms with Gasteiger partial charge in [-0.05, 0) is 97.3 Å². The van der Waals surface area contributed by atoms with Gasteiger partial charge in [0.15, 0.2) is 6.10 Å². The Bertz CT molecular complexity index is 540. The van der Waals surface area contributed by atoms with Crippen molar-refractivity contribution in [2.24, 2.45) is 28.6 Å². The van der Waals surface area contributed by atoms with E-state index in [9.17, 15) is 9.59 Å². The third-order valence-electron chi connectivity index (χ3n) is 7.72. The molecule has 0 amide bonds. The lowest BCUT2D eigenvalue weighted by Gasteiger charge is -2.61. The number of hydrogen-bond donors (Lipinski definition) is 0. The Morgan fingerprint density at radius 2 is 1.39 bits per heavy atom. The maximum atomic E-state index is 12.7. The third kappa shape index (κ3) is 4.41. The molecule has 4 aliphatic carbocycles. The molecule has 4 bridgehead atoms. The number of esters is 2. The van der Waals surface area contributed by atoms with Gasteiger partial charge in [-0.25, -0.2) is 4.79 Å². The van der Waals surface area contributed by atoms with Gasteiger partial charge in [-0.2, -0.15) is 0 Å². The zero-order valence-corrected chi connectivity index (χ0v) is 19.4. The summed E-state index contributed by atoms with van der Waals surface area (Å²) < 4.78 is 11.4. The van der Waals surface area contributed by atoms with Gasteiger partial charge in [0.2, 0.25) is 0 Å². The molecule has 0 spiro atoms. The van der Waals surface area contributed by atoms with Crippen molar-refractivity contribution in [3.8, 4) is 0 Å². The van der Waals surface area contributed by atoms with Crippen molar-refractivity contribution in [2.75, 3.05) is 0 Å². The van der Waals surface area contributed by atoms with Crippen LogP contribution in [0.5, 0.6) is 0 Å². The molecule has 4 saturated carbocycles. The molecule has 1 unspecified atom stereocenters. The Balaban J connectivity index is 0.00000136. The minimum atomic E-state index is -0.860. The Morgan fingerprint density at radius 1 is 0.964 bits per heavy atom. The predicted molar refractivity (Wildman–Crippen MR) is 112 cm³/mol. The molecule has 0 aromatic rings. The van der Waals surface area contributed by atoms with Crippen molar-refractivity contribution in [3.63, 3.8) is 0 Å². The lowest BCUT2D eigenvalue weighted by molar-refractivity contribution is -0.208. The van der Waals surface area contributed by atoms with E-state index >= 15 is 0 Å². The molecule has 0 aromatic carbocycles. The number of rotatable bonds is 6. The molecular formula is C24H42O4. The van der Waals surface area contributed by atoms with Crippen molar-refractivity contribution in [1.29, 1.82) is 0 Å². The molecule has 0 aliphatic heterocycles. The highest BCUT2D eigenvalue weighted by Gasteiger charge is 2.59. The van der Waals surface area contributed by atoms with Gasteiger partial charge in [-0.1, -0.05) is 20.8 Å². The van der Waals surface area contributed by atoms with Gasteiger partial charge < -0.3 is 9.47 Å². The zero-order chi connectivity index (χ0) is 21.3. The lowest BCUT2D eigenvalue weighted by Crippen LogP contribution is -2.58. The first-order chi connectivity index (χ1) is 13.0. The Kier molecular flexibility index (Phi) is 6.93. The fourth-order valence-corrected chi connectivity index (χ4v) is 5.80. The van der Waals surface area contributed by atoms with Crippen LogP contribution in [0.4, 0.5) is 0 Å². The van der Waals surface area contributed by atoms with Crippen molar-refractivity contribution in [1.82, 2.24) is 0 Å². The van der Waals surface area contributed by atoms with Gasteiger partial charge in [0.25, 0.3) is 0 Å². The van der Waals surface area contributed by atoms with Crippen LogP contribution in [-0.4, -0.2) is 23.6 Å². The number of hydrogen-bond acceptors (Lipinski definition) is 4. The average molecular weight is 395 g/mol. The van der Waals surface area contributed by atoms with E-state index in [1.54, 1.807) is 6.92 Å². The lowest BCUT2D eigenvalue weighted by atomic mass is 9.46. The van der Waals surface area contributed by atoms with Crippen LogP contribution in [0.1, 0.15) is 100 Å². The summed E-state index contributed by atoms with van der Waals surface area (Å²) in [7, 11) is 0. The molecule has 0 saturated heterocycles. The normalized spacial score (nSPS) is 32.2. The molecule has 1 atom stereocenters. The fourth-order valence-electron chi connectivity index (χ4n) is 5.80. The summed E-state index contributed by atoms with van der Waals surface area (Å²) in [4.78, 5) is 25.0. The first kappa shape index (κ1) is 23.2. The second-order valence-corrected chi connectivity index (χ2v) is 10.4. The molecule has 28 heavy (non-hydrogen) atoms. The van der Waals surface area contributed by atoms with Crippen LogP contribution >= 0.6 is 0 Å². The third-order valence-corrected chi connectivity index (χ3v) is 7.72. The summed E-state index contributed by atoms with van der Waals surface area (Å²) in [6.45, 7) is 15.4. The summed E-state index contributed by atoms with van der Waals surface area (Å²) >= 11 is 0. The fraction of sp³-hybridized carbons (Fsp3) is 0.917. The Labute approximate surface area is 172 Å². The van der Waals surface area contributed by atoms with Crippen molar-refractivity contribution in [3.05, 3.63) is 0 Å². The maximum Gasteiger partial charge on any atom is 0.347 e. The molecule has 0 heterocycles. The van der Waals surface area contributed by atoms with Crippen LogP contribution in [0.25, 0.3) is 0 Å². The van der Waals surface area contributed by atoms with E-state index in [1.165, 1.54) is 38.5 Å². The van der Waals surface area contributed by atoms with Crippen LogP contribution in [0.3, 0.4) is 0 Å². The molecule has 0 radical (unpaired) electrons. The summed E-state index contributed by atoms with van der Waals surface area (Å²) in [5, 5.41) is 0. The van der Waals surface area contributed by atoms with E-state index < -0.39 is 23.1 Å². The minimum Gasteiger partial charge on any atom is -0.456 e. The highest BCUT2D eigenvalue weighted by molar-refractivity contribution is 5.81. The maximum absolute atomic E-state index is 12.7. The van der Waals surface area contributed by atoms with Gasteiger partial charge in [-0.3, -0.25) is 4.79 Å². The summed E-state index contributed by atoms with van der Waals surface area (Å²) in [6.07, 6.45) is 7.44. The van der Waals surface area contributed by atoms with Gasteiger partial charge >= 0.3 is 11.9 Å². The number of carbonyl (C=O) groups is 2. The van der Waals surface area contributed by atoms with E-state index in [0.29, 0.717) is 6.42 Å². The standard InChI is InChI=1S/C22H36O4.C2H6/c1-7-20(3,4)19(24)25-14(2)18(23)26-21(5,6)22-11-15-8-16(12-22)10-17(9-15)13-22;1-2/h14-17H,7-13H2,1-6H3;1-2H3. The molecule has 4 rings (SSSR count). The van der Waals surface area contributed by atoms with Crippen LogP contribution in [-0.2, 0) is 19.1 Å². The van der Waals surface area contributed by atoms with Gasteiger partial charge in [0.05, 0.1) is 5.41 Å². The summed E-state index contributed by atoms with van der Waals surface area (Å²) in [6, 6.07) is 0. The highest BCUT2D eigenvalue weighted by atomic mass is 16.6.